The van der Waals surface area contributed by atoms with Gasteiger partial charge in [0, 0.05) is 31.0 Å². The summed E-state index contributed by atoms with van der Waals surface area (Å²) in [6.07, 6.45) is 8.57. The molecule has 0 saturated heterocycles. The maximum Gasteiger partial charge on any atom is 0.127 e. The SMILES string of the molecule is CCC1CCCCC1Nc1ccnc(NC)c1. The zero-order valence-corrected chi connectivity index (χ0v) is 10.9. The predicted molar refractivity (Wildman–Crippen MR) is 73.4 cm³/mol. The van der Waals surface area contributed by atoms with E-state index in [1.807, 2.05) is 13.2 Å². The molecule has 1 aromatic heterocycles. The van der Waals surface area contributed by atoms with Gasteiger partial charge < -0.3 is 10.6 Å². The lowest BCUT2D eigenvalue weighted by Crippen LogP contribution is -2.31. The van der Waals surface area contributed by atoms with Crippen molar-refractivity contribution in [1.82, 2.24) is 4.98 Å². The summed E-state index contributed by atoms with van der Waals surface area (Å²) in [7, 11) is 1.90. The van der Waals surface area contributed by atoms with Crippen LogP contribution in [0.5, 0.6) is 0 Å². The van der Waals surface area contributed by atoms with E-state index in [0.29, 0.717) is 6.04 Å². The topological polar surface area (TPSA) is 37.0 Å². The highest BCUT2D eigenvalue weighted by atomic mass is 15.0. The van der Waals surface area contributed by atoms with Gasteiger partial charge in [0.05, 0.1) is 0 Å². The molecule has 1 saturated carbocycles. The Morgan fingerprint density at radius 2 is 2.18 bits per heavy atom. The molecule has 2 N–H and O–H groups in total. The summed E-state index contributed by atoms with van der Waals surface area (Å²) in [6, 6.07) is 4.78. The van der Waals surface area contributed by atoms with E-state index in [1.165, 1.54) is 37.8 Å². The first kappa shape index (κ1) is 12.2. The van der Waals surface area contributed by atoms with Crippen LogP contribution in [0.4, 0.5) is 11.5 Å². The minimum Gasteiger partial charge on any atom is -0.382 e. The van der Waals surface area contributed by atoms with E-state index in [0.717, 1.165) is 11.7 Å². The highest BCUT2D eigenvalue weighted by molar-refractivity contribution is 5.52. The molecule has 1 aliphatic rings. The minimum absolute atomic E-state index is 0.640. The molecule has 1 heterocycles. The minimum atomic E-state index is 0.640. The monoisotopic (exact) mass is 233 g/mol. The molecular formula is C14H23N3. The number of hydrogen-bond donors (Lipinski definition) is 2. The number of aromatic nitrogens is 1. The second-order valence-electron chi connectivity index (χ2n) is 4.88. The van der Waals surface area contributed by atoms with E-state index >= 15 is 0 Å². The third-order valence-electron chi connectivity index (χ3n) is 3.80. The Hall–Kier alpha value is -1.25. The fourth-order valence-corrected chi connectivity index (χ4v) is 2.76. The average Bonchev–Trinajstić information content (AvgIpc) is 2.39. The second kappa shape index (κ2) is 5.89. The van der Waals surface area contributed by atoms with Crippen LogP contribution in [0.15, 0.2) is 18.3 Å². The van der Waals surface area contributed by atoms with Crippen LogP contribution in [0.2, 0.25) is 0 Å². The molecule has 0 bridgehead atoms. The molecule has 0 spiro atoms. The van der Waals surface area contributed by atoms with Crippen LogP contribution in [0, 0.1) is 5.92 Å². The Morgan fingerprint density at radius 3 is 2.94 bits per heavy atom. The predicted octanol–water partition coefficient (Wildman–Crippen LogP) is 3.50. The number of anilines is 2. The average molecular weight is 233 g/mol. The lowest BCUT2D eigenvalue weighted by atomic mass is 9.83. The standard InChI is InChI=1S/C14H23N3/c1-3-11-6-4-5-7-13(11)17-12-8-9-16-14(10-12)15-2/h8-11,13H,3-7H2,1-2H3,(H2,15,16,17). The van der Waals surface area contributed by atoms with Crippen molar-refractivity contribution in [2.24, 2.45) is 5.92 Å². The van der Waals surface area contributed by atoms with Crippen LogP contribution in [0.25, 0.3) is 0 Å². The first-order valence-corrected chi connectivity index (χ1v) is 6.74. The van der Waals surface area contributed by atoms with Gasteiger partial charge in [0.2, 0.25) is 0 Å². The second-order valence-corrected chi connectivity index (χ2v) is 4.88. The highest BCUT2D eigenvalue weighted by Crippen LogP contribution is 2.29. The molecule has 0 aliphatic heterocycles. The van der Waals surface area contributed by atoms with E-state index in [1.54, 1.807) is 0 Å². The third-order valence-corrected chi connectivity index (χ3v) is 3.80. The number of nitrogens with zero attached hydrogens (tertiary/aromatic N) is 1. The van der Waals surface area contributed by atoms with Crippen molar-refractivity contribution in [2.45, 2.75) is 45.1 Å². The lowest BCUT2D eigenvalue weighted by Gasteiger charge is -2.32. The maximum absolute atomic E-state index is 4.24. The summed E-state index contributed by atoms with van der Waals surface area (Å²) in [5, 5.41) is 6.76. The molecule has 0 radical (unpaired) electrons. The van der Waals surface area contributed by atoms with E-state index in [9.17, 15) is 0 Å². The zero-order valence-electron chi connectivity index (χ0n) is 10.9. The summed E-state index contributed by atoms with van der Waals surface area (Å²) < 4.78 is 0. The van der Waals surface area contributed by atoms with Crippen molar-refractivity contribution in [2.75, 3.05) is 17.7 Å². The highest BCUT2D eigenvalue weighted by Gasteiger charge is 2.23. The molecule has 0 aromatic carbocycles. The first-order chi connectivity index (χ1) is 8.33. The molecule has 94 valence electrons. The van der Waals surface area contributed by atoms with E-state index in [-0.39, 0.29) is 0 Å². The summed E-state index contributed by atoms with van der Waals surface area (Å²) >= 11 is 0. The summed E-state index contributed by atoms with van der Waals surface area (Å²) in [4.78, 5) is 4.24. The van der Waals surface area contributed by atoms with Gasteiger partial charge in [-0.05, 0) is 24.8 Å². The van der Waals surface area contributed by atoms with Crippen LogP contribution in [0.1, 0.15) is 39.0 Å². The van der Waals surface area contributed by atoms with Crippen molar-refractivity contribution in [3.63, 3.8) is 0 Å². The Kier molecular flexibility index (Phi) is 4.24. The maximum atomic E-state index is 4.24. The number of hydrogen-bond acceptors (Lipinski definition) is 3. The molecule has 17 heavy (non-hydrogen) atoms. The molecule has 2 atom stereocenters. The van der Waals surface area contributed by atoms with Crippen LogP contribution < -0.4 is 10.6 Å². The van der Waals surface area contributed by atoms with Gasteiger partial charge in [-0.2, -0.15) is 0 Å². The normalized spacial score (nSPS) is 24.4. The quantitative estimate of drug-likeness (QED) is 0.835. The van der Waals surface area contributed by atoms with Gasteiger partial charge in [0.15, 0.2) is 0 Å². The Morgan fingerprint density at radius 1 is 1.35 bits per heavy atom. The number of pyridine rings is 1. The molecule has 3 heteroatoms. The van der Waals surface area contributed by atoms with Crippen molar-refractivity contribution in [3.05, 3.63) is 18.3 Å². The van der Waals surface area contributed by atoms with E-state index < -0.39 is 0 Å². The molecule has 0 amide bonds. The van der Waals surface area contributed by atoms with E-state index in [4.69, 9.17) is 0 Å². The van der Waals surface area contributed by atoms with Crippen molar-refractivity contribution >= 4 is 11.5 Å². The smallest absolute Gasteiger partial charge is 0.127 e. The van der Waals surface area contributed by atoms with Crippen molar-refractivity contribution < 1.29 is 0 Å². The molecule has 1 aliphatic carbocycles. The molecule has 2 unspecified atom stereocenters. The van der Waals surface area contributed by atoms with Crippen LogP contribution in [-0.4, -0.2) is 18.1 Å². The van der Waals surface area contributed by atoms with Crippen LogP contribution >= 0.6 is 0 Å². The Bertz CT molecular complexity index is 351. The molecule has 3 nitrogen and oxygen atoms in total. The zero-order chi connectivity index (χ0) is 12.1. The largest absolute Gasteiger partial charge is 0.382 e. The van der Waals surface area contributed by atoms with Gasteiger partial charge in [-0.1, -0.05) is 26.2 Å². The first-order valence-electron chi connectivity index (χ1n) is 6.74. The third kappa shape index (κ3) is 3.11. The summed E-state index contributed by atoms with van der Waals surface area (Å²) in [6.45, 7) is 2.30. The van der Waals surface area contributed by atoms with Crippen LogP contribution in [0.3, 0.4) is 0 Å². The lowest BCUT2D eigenvalue weighted by molar-refractivity contribution is 0.317. The van der Waals surface area contributed by atoms with Gasteiger partial charge in [0.25, 0.3) is 0 Å². The number of rotatable bonds is 4. The Labute approximate surface area is 104 Å². The van der Waals surface area contributed by atoms with Gasteiger partial charge in [-0.3, -0.25) is 0 Å². The van der Waals surface area contributed by atoms with Crippen LogP contribution in [-0.2, 0) is 0 Å². The molecule has 1 aromatic rings. The fourth-order valence-electron chi connectivity index (χ4n) is 2.76. The van der Waals surface area contributed by atoms with Crippen molar-refractivity contribution in [3.8, 4) is 0 Å². The molecule has 1 fully saturated rings. The fraction of sp³-hybridized carbons (Fsp3) is 0.643. The van der Waals surface area contributed by atoms with Gasteiger partial charge in [-0.15, -0.1) is 0 Å². The summed E-state index contributed by atoms with van der Waals surface area (Å²) in [5.41, 5.74) is 1.19. The number of nitrogens with one attached hydrogen (secondary N) is 2. The van der Waals surface area contributed by atoms with Gasteiger partial charge in [-0.25, -0.2) is 4.98 Å². The van der Waals surface area contributed by atoms with Crippen molar-refractivity contribution in [1.29, 1.82) is 0 Å². The molecule has 2 rings (SSSR count). The van der Waals surface area contributed by atoms with Gasteiger partial charge >= 0.3 is 0 Å². The summed E-state index contributed by atoms with van der Waals surface area (Å²) in [5.74, 6) is 1.76. The molecular weight excluding hydrogens is 210 g/mol. The van der Waals surface area contributed by atoms with E-state index in [2.05, 4.69) is 34.7 Å². The van der Waals surface area contributed by atoms with Gasteiger partial charge in [0.1, 0.15) is 5.82 Å². The Balaban J connectivity index is 2.02.